The summed E-state index contributed by atoms with van der Waals surface area (Å²) in [6.45, 7) is 8.21. The second kappa shape index (κ2) is 6.69. The molecule has 4 nitrogen and oxygen atoms in total. The zero-order chi connectivity index (χ0) is 19.2. The summed E-state index contributed by atoms with van der Waals surface area (Å²) in [5.74, 6) is -0.0353. The Kier molecular flexibility index (Phi) is 4.61. The number of anilines is 1. The van der Waals surface area contributed by atoms with Crippen LogP contribution in [0, 0.1) is 5.92 Å². The molecule has 0 aliphatic carbocycles. The second-order valence-corrected chi connectivity index (χ2v) is 10.4. The number of thiazole rings is 1. The maximum Gasteiger partial charge on any atom is 0.229 e. The van der Waals surface area contributed by atoms with Gasteiger partial charge in [-0.2, -0.15) is 0 Å². The highest BCUT2D eigenvalue weighted by Gasteiger charge is 2.42. The van der Waals surface area contributed by atoms with Gasteiger partial charge in [0.1, 0.15) is 0 Å². The lowest BCUT2D eigenvalue weighted by Crippen LogP contribution is -2.48. The Balaban J connectivity index is 1.49. The maximum absolute atomic E-state index is 12.8. The summed E-state index contributed by atoms with van der Waals surface area (Å²) in [5, 5.41) is 7.02. The number of ether oxygens (including phenoxy) is 1. The third-order valence-corrected chi connectivity index (χ3v) is 6.73. The molecule has 2 aromatic heterocycles. The lowest BCUT2D eigenvalue weighted by Gasteiger charge is -2.44. The molecule has 0 bridgehead atoms. The second-order valence-electron chi connectivity index (χ2n) is 8.42. The molecule has 142 valence electrons. The van der Waals surface area contributed by atoms with Crippen molar-refractivity contribution in [3.63, 3.8) is 0 Å². The molecular weight excluding hydrogens is 376 g/mol. The number of nitrogens with zero attached hydrogens (tertiary/aromatic N) is 1. The van der Waals surface area contributed by atoms with Crippen molar-refractivity contribution in [3.05, 3.63) is 35.8 Å². The number of aromatic nitrogens is 1. The van der Waals surface area contributed by atoms with E-state index in [9.17, 15) is 4.79 Å². The Hall–Kier alpha value is -1.76. The van der Waals surface area contributed by atoms with Gasteiger partial charge in [-0.05, 0) is 75.1 Å². The maximum atomic E-state index is 12.8. The smallest absolute Gasteiger partial charge is 0.229 e. The van der Waals surface area contributed by atoms with Crippen LogP contribution >= 0.6 is 22.7 Å². The first kappa shape index (κ1) is 18.6. The molecule has 0 spiro atoms. The van der Waals surface area contributed by atoms with Gasteiger partial charge < -0.3 is 10.1 Å². The first-order valence-corrected chi connectivity index (χ1v) is 10.8. The van der Waals surface area contributed by atoms with Crippen LogP contribution in [0.5, 0.6) is 0 Å². The Morgan fingerprint density at radius 3 is 2.67 bits per heavy atom. The summed E-state index contributed by atoms with van der Waals surface area (Å²) in [4.78, 5) is 18.3. The number of amides is 1. The molecule has 1 amide bonds. The molecule has 1 aromatic carbocycles. The van der Waals surface area contributed by atoms with Crippen LogP contribution in [0.4, 0.5) is 5.13 Å². The number of hydrogen-bond donors (Lipinski definition) is 1. The Bertz CT molecular complexity index is 971. The minimum absolute atomic E-state index is 0.0358. The van der Waals surface area contributed by atoms with E-state index in [4.69, 9.17) is 4.74 Å². The van der Waals surface area contributed by atoms with E-state index >= 15 is 0 Å². The minimum Gasteiger partial charge on any atom is -0.370 e. The predicted octanol–water partition coefficient (Wildman–Crippen LogP) is 5.95. The minimum atomic E-state index is -0.298. The largest absolute Gasteiger partial charge is 0.370 e. The van der Waals surface area contributed by atoms with Crippen LogP contribution in [-0.2, 0) is 9.53 Å². The molecule has 1 N–H and O–H groups in total. The molecule has 1 saturated heterocycles. The van der Waals surface area contributed by atoms with E-state index < -0.39 is 0 Å². The fourth-order valence-electron chi connectivity index (χ4n) is 4.07. The number of nitrogens with one attached hydrogen (secondary N) is 1. The van der Waals surface area contributed by atoms with Gasteiger partial charge in [-0.1, -0.05) is 17.4 Å². The van der Waals surface area contributed by atoms with Crippen LogP contribution in [0.1, 0.15) is 40.5 Å². The van der Waals surface area contributed by atoms with Crippen molar-refractivity contribution in [2.24, 2.45) is 5.92 Å². The number of benzene rings is 1. The van der Waals surface area contributed by atoms with Crippen LogP contribution in [0.3, 0.4) is 0 Å². The molecule has 0 unspecified atom stereocenters. The van der Waals surface area contributed by atoms with Crippen LogP contribution < -0.4 is 5.32 Å². The third-order valence-electron chi connectivity index (χ3n) is 4.87. The van der Waals surface area contributed by atoms with E-state index in [-0.39, 0.29) is 23.0 Å². The zero-order valence-electron chi connectivity index (χ0n) is 16.0. The quantitative estimate of drug-likeness (QED) is 0.591. The van der Waals surface area contributed by atoms with Crippen molar-refractivity contribution in [3.8, 4) is 10.4 Å². The van der Waals surface area contributed by atoms with Crippen LogP contribution in [0.15, 0.2) is 35.8 Å². The van der Waals surface area contributed by atoms with Gasteiger partial charge in [-0.25, -0.2) is 4.98 Å². The summed E-state index contributed by atoms with van der Waals surface area (Å²) >= 11 is 3.26. The van der Waals surface area contributed by atoms with E-state index in [1.54, 1.807) is 11.3 Å². The number of carbonyl (C=O) groups excluding carboxylic acids is 1. The fraction of sp³-hybridized carbons (Fsp3) is 0.429. The molecule has 3 heterocycles. The van der Waals surface area contributed by atoms with E-state index in [0.717, 1.165) is 23.3 Å². The average Bonchev–Trinajstić information content (AvgIpc) is 3.19. The number of thiophene rings is 1. The highest BCUT2D eigenvalue weighted by atomic mass is 32.1. The van der Waals surface area contributed by atoms with Crippen LogP contribution in [0.2, 0.25) is 0 Å². The number of hydrogen-bond acceptors (Lipinski definition) is 5. The molecule has 1 aliphatic rings. The lowest BCUT2D eigenvalue weighted by atomic mass is 9.80. The molecular formula is C21H24N2O2S2. The number of rotatable bonds is 3. The molecule has 4 rings (SSSR count). The van der Waals surface area contributed by atoms with Gasteiger partial charge in [-0.15, -0.1) is 11.3 Å². The van der Waals surface area contributed by atoms with Crippen molar-refractivity contribution in [1.29, 1.82) is 0 Å². The highest BCUT2D eigenvalue weighted by Crippen LogP contribution is 2.39. The van der Waals surface area contributed by atoms with Gasteiger partial charge in [0.15, 0.2) is 5.13 Å². The summed E-state index contributed by atoms with van der Waals surface area (Å²) in [5.41, 5.74) is 0.536. The molecule has 0 saturated carbocycles. The SMILES string of the molecule is CC1(C)CC(C(=O)Nc2ncc(-c3ccc4sccc4c3)s2)CC(C)(C)O1. The van der Waals surface area contributed by atoms with Crippen LogP contribution in [-0.4, -0.2) is 22.1 Å². The van der Waals surface area contributed by atoms with E-state index in [1.165, 1.54) is 21.4 Å². The first-order valence-electron chi connectivity index (χ1n) is 9.15. The molecule has 27 heavy (non-hydrogen) atoms. The van der Waals surface area contributed by atoms with E-state index in [0.29, 0.717) is 5.13 Å². The molecule has 0 atom stereocenters. The molecule has 1 aliphatic heterocycles. The highest BCUT2D eigenvalue weighted by molar-refractivity contribution is 7.19. The van der Waals surface area contributed by atoms with Gasteiger partial charge in [0.05, 0.1) is 16.1 Å². The molecule has 6 heteroatoms. The molecule has 1 fully saturated rings. The normalized spacial score (nSPS) is 19.3. The fourth-order valence-corrected chi connectivity index (χ4v) is 5.65. The van der Waals surface area contributed by atoms with E-state index in [1.807, 2.05) is 6.20 Å². The van der Waals surface area contributed by atoms with Gasteiger partial charge in [0, 0.05) is 16.8 Å². The van der Waals surface area contributed by atoms with Gasteiger partial charge >= 0.3 is 0 Å². The standard InChI is InChI=1S/C21H24N2O2S2/c1-20(2)10-15(11-21(3,4)25-20)18(24)23-19-22-12-17(27-19)13-5-6-16-14(9-13)7-8-26-16/h5-9,12,15H,10-11H2,1-4H3,(H,22,23,24). The first-order chi connectivity index (χ1) is 12.7. The average molecular weight is 401 g/mol. The Morgan fingerprint density at radius 1 is 1.19 bits per heavy atom. The molecule has 0 radical (unpaired) electrons. The molecule has 3 aromatic rings. The van der Waals surface area contributed by atoms with Crippen molar-refractivity contribution >= 4 is 43.8 Å². The van der Waals surface area contributed by atoms with Crippen molar-refractivity contribution in [2.45, 2.75) is 51.7 Å². The predicted molar refractivity (Wildman–Crippen MR) is 114 cm³/mol. The Labute approximate surface area is 167 Å². The number of carbonyl (C=O) groups is 1. The summed E-state index contributed by atoms with van der Waals surface area (Å²) in [6, 6.07) is 8.55. The summed E-state index contributed by atoms with van der Waals surface area (Å²) in [6.07, 6.45) is 3.27. The lowest BCUT2D eigenvalue weighted by molar-refractivity contribution is -0.176. The van der Waals surface area contributed by atoms with Gasteiger partial charge in [-0.3, -0.25) is 4.79 Å². The third kappa shape index (κ3) is 4.08. The van der Waals surface area contributed by atoms with Gasteiger partial charge in [0.2, 0.25) is 5.91 Å². The zero-order valence-corrected chi connectivity index (χ0v) is 17.7. The summed E-state index contributed by atoms with van der Waals surface area (Å²) < 4.78 is 7.37. The monoisotopic (exact) mass is 400 g/mol. The van der Waals surface area contributed by atoms with Crippen molar-refractivity contribution in [1.82, 2.24) is 4.98 Å². The van der Waals surface area contributed by atoms with Crippen molar-refractivity contribution < 1.29 is 9.53 Å². The Morgan fingerprint density at radius 2 is 1.93 bits per heavy atom. The topological polar surface area (TPSA) is 51.2 Å². The summed E-state index contributed by atoms with van der Waals surface area (Å²) in [7, 11) is 0. The van der Waals surface area contributed by atoms with E-state index in [2.05, 4.69) is 67.6 Å². The van der Waals surface area contributed by atoms with Crippen LogP contribution in [0.25, 0.3) is 20.5 Å². The number of fused-ring (bicyclic) bond motifs is 1. The van der Waals surface area contributed by atoms with Crippen molar-refractivity contribution in [2.75, 3.05) is 5.32 Å². The van der Waals surface area contributed by atoms with Gasteiger partial charge in [0.25, 0.3) is 0 Å².